The molecule has 0 saturated carbocycles. The Morgan fingerprint density at radius 2 is 0.774 bits per heavy atom. The van der Waals surface area contributed by atoms with Gasteiger partial charge in [0.15, 0.2) is 0 Å². The maximum Gasteiger partial charge on any atom is 0.249 e. The first kappa shape index (κ1) is 34.9. The lowest BCUT2D eigenvalue weighted by atomic mass is 9.31. The van der Waals surface area contributed by atoms with Gasteiger partial charge in [0.25, 0.3) is 0 Å². The first-order valence-electron chi connectivity index (χ1n) is 21.4. The molecule has 3 nitrogen and oxygen atoms in total. The number of fused-ring (bicyclic) bond motifs is 7. The van der Waals surface area contributed by atoms with Gasteiger partial charge in [0.05, 0.1) is 0 Å². The molecule has 1 aromatic heterocycles. The van der Waals surface area contributed by atoms with Crippen LogP contribution in [0.15, 0.2) is 214 Å². The van der Waals surface area contributed by atoms with E-state index in [9.17, 15) is 0 Å². The van der Waals surface area contributed by atoms with Gasteiger partial charge >= 0.3 is 0 Å². The maximum atomic E-state index is 2.69. The van der Waals surface area contributed by atoms with Crippen molar-refractivity contribution >= 4 is 126 Å². The monoisotopic (exact) mass is 823 g/mol. The summed E-state index contributed by atoms with van der Waals surface area (Å²) in [5, 5.41) is 2.69. The second-order valence-corrected chi connectivity index (χ2v) is 18.9. The fourth-order valence-corrected chi connectivity index (χ4v) is 13.8. The molecule has 0 spiro atoms. The van der Waals surface area contributed by atoms with Crippen molar-refractivity contribution in [3.05, 3.63) is 200 Å². The van der Waals surface area contributed by atoms with Crippen molar-refractivity contribution in [2.75, 3.05) is 9.80 Å². The van der Waals surface area contributed by atoms with E-state index in [1.165, 1.54) is 96.8 Å². The standard InChI is InChI=1S/C55H35B2N3S2/c1-34-54-49-53-50-55(34)62-48-33-40(59(37-20-10-4-11-21-37)38-22-12-5-13-23-38)29-31-44(48)57(50)46-27-15-25-42-41-24-14-26-45(51(41)60(53)52(42)46)56(49)43-30-28-39(32-47(43)61-54)58(35-16-6-2-7-17-35)36-18-8-3-9-19-36/h2-33H,1H3. The predicted molar refractivity (Wildman–Crippen MR) is 265 cm³/mol. The second kappa shape index (κ2) is 13.1. The van der Waals surface area contributed by atoms with Crippen molar-refractivity contribution in [1.82, 2.24) is 4.57 Å². The largest absolute Gasteiger partial charge is 0.311 e. The number of nitrogens with zero attached hydrogens (tertiary/aromatic N) is 3. The Balaban J connectivity index is 1.02. The normalized spacial score (nSPS) is 13.4. The second-order valence-electron chi connectivity index (χ2n) is 16.8. The van der Waals surface area contributed by atoms with E-state index in [-0.39, 0.29) is 13.4 Å². The molecule has 0 amide bonds. The van der Waals surface area contributed by atoms with Crippen LogP contribution in [-0.4, -0.2) is 18.0 Å². The summed E-state index contributed by atoms with van der Waals surface area (Å²) in [6.07, 6.45) is 0. The Morgan fingerprint density at radius 1 is 0.387 bits per heavy atom. The van der Waals surface area contributed by atoms with Gasteiger partial charge in [-0.2, -0.15) is 0 Å². The van der Waals surface area contributed by atoms with Crippen LogP contribution in [0.1, 0.15) is 5.56 Å². The Morgan fingerprint density at radius 3 is 1.16 bits per heavy atom. The molecular formula is C55H35B2N3S2. The van der Waals surface area contributed by atoms with Gasteiger partial charge < -0.3 is 14.4 Å². The highest BCUT2D eigenvalue weighted by molar-refractivity contribution is 8.01. The van der Waals surface area contributed by atoms with E-state index in [1.54, 1.807) is 0 Å². The minimum absolute atomic E-state index is 0.123. The molecule has 62 heavy (non-hydrogen) atoms. The zero-order valence-electron chi connectivity index (χ0n) is 33.8. The summed E-state index contributed by atoms with van der Waals surface area (Å²) in [5.74, 6) is 0. The van der Waals surface area contributed by atoms with Gasteiger partial charge in [0.2, 0.25) is 13.4 Å². The summed E-state index contributed by atoms with van der Waals surface area (Å²) in [7, 11) is 0. The van der Waals surface area contributed by atoms with Crippen LogP contribution in [0.5, 0.6) is 0 Å². The number of aromatic nitrogens is 1. The van der Waals surface area contributed by atoms with Gasteiger partial charge in [-0.25, -0.2) is 0 Å². The minimum atomic E-state index is 0.123. The third-order valence-electron chi connectivity index (χ3n) is 13.6. The van der Waals surface area contributed by atoms with Crippen molar-refractivity contribution in [3.8, 4) is 5.69 Å². The zero-order valence-corrected chi connectivity index (χ0v) is 35.4. The first-order valence-corrected chi connectivity index (χ1v) is 23.1. The highest BCUT2D eigenvalue weighted by Crippen LogP contribution is 2.48. The third-order valence-corrected chi connectivity index (χ3v) is 16.2. The van der Waals surface area contributed by atoms with Crippen LogP contribution in [0.25, 0.3) is 27.5 Å². The summed E-state index contributed by atoms with van der Waals surface area (Å²) in [4.78, 5) is 10.3. The SMILES string of the molecule is Cc1c2c3c4c5c1Sc1cc(N(c6ccccc6)c6ccccc6)ccc1B5c1cccc5c6cccc(c6n-4c15)B3c1ccc(N(c3ccccc3)c3ccccc3)cc1S2. The van der Waals surface area contributed by atoms with E-state index in [1.807, 2.05) is 23.5 Å². The van der Waals surface area contributed by atoms with Crippen LogP contribution < -0.4 is 42.6 Å². The van der Waals surface area contributed by atoms with E-state index < -0.39 is 0 Å². The third kappa shape index (κ3) is 4.72. The molecule has 288 valence electrons. The van der Waals surface area contributed by atoms with Crippen LogP contribution in [0.4, 0.5) is 34.1 Å². The van der Waals surface area contributed by atoms with Crippen LogP contribution in [0, 0.1) is 6.92 Å². The van der Waals surface area contributed by atoms with E-state index in [0.717, 1.165) is 22.7 Å². The van der Waals surface area contributed by atoms with Crippen LogP contribution in [0.3, 0.4) is 0 Å². The Kier molecular flexibility index (Phi) is 7.37. The number of hydrogen-bond acceptors (Lipinski definition) is 4. The molecule has 0 bridgehead atoms. The fraction of sp³-hybridized carbons (Fsp3) is 0.0182. The topological polar surface area (TPSA) is 11.4 Å². The molecule has 7 heteroatoms. The van der Waals surface area contributed by atoms with Gasteiger partial charge in [-0.1, -0.05) is 156 Å². The Labute approximate surface area is 369 Å². The van der Waals surface area contributed by atoms with Gasteiger partial charge in [-0.15, -0.1) is 0 Å². The van der Waals surface area contributed by atoms with Gasteiger partial charge in [0, 0.05) is 81.2 Å². The number of hydrogen-bond donors (Lipinski definition) is 0. The van der Waals surface area contributed by atoms with E-state index >= 15 is 0 Å². The lowest BCUT2D eigenvalue weighted by Gasteiger charge is -2.42. The van der Waals surface area contributed by atoms with Crippen molar-refractivity contribution in [2.24, 2.45) is 0 Å². The molecular weight excluding hydrogens is 788 g/mol. The molecule has 0 N–H and O–H groups in total. The number of para-hydroxylation sites is 6. The lowest BCUT2D eigenvalue weighted by Crippen LogP contribution is -2.66. The number of benzene rings is 9. The smallest absolute Gasteiger partial charge is 0.249 e. The van der Waals surface area contributed by atoms with Gasteiger partial charge in [-0.05, 0) is 107 Å². The van der Waals surface area contributed by atoms with Crippen molar-refractivity contribution in [1.29, 1.82) is 0 Å². The maximum absolute atomic E-state index is 2.69. The molecule has 0 fully saturated rings. The molecule has 14 rings (SSSR count). The Hall–Kier alpha value is -6.79. The average molecular weight is 824 g/mol. The summed E-state index contributed by atoms with van der Waals surface area (Å²) < 4.78 is 2.69. The summed E-state index contributed by atoms with van der Waals surface area (Å²) in [6.45, 7) is 2.65. The van der Waals surface area contributed by atoms with Crippen molar-refractivity contribution < 1.29 is 0 Å². The van der Waals surface area contributed by atoms with E-state index in [0.29, 0.717) is 0 Å². The van der Waals surface area contributed by atoms with E-state index in [4.69, 9.17) is 0 Å². The Bertz CT molecular complexity index is 3200. The van der Waals surface area contributed by atoms with Crippen LogP contribution in [0.2, 0.25) is 0 Å². The fourth-order valence-electron chi connectivity index (χ4n) is 11.1. The molecule has 0 saturated heterocycles. The highest BCUT2D eigenvalue weighted by atomic mass is 32.2. The molecule has 9 aromatic carbocycles. The average Bonchev–Trinajstić information content (AvgIpc) is 3.67. The predicted octanol–water partition coefficient (Wildman–Crippen LogP) is 10.6. The summed E-state index contributed by atoms with van der Waals surface area (Å²) in [5.41, 5.74) is 21.0. The zero-order chi connectivity index (χ0) is 40.6. The highest BCUT2D eigenvalue weighted by Gasteiger charge is 2.48. The van der Waals surface area contributed by atoms with Crippen molar-refractivity contribution in [3.63, 3.8) is 0 Å². The van der Waals surface area contributed by atoms with Gasteiger partial charge in [-0.3, -0.25) is 0 Å². The van der Waals surface area contributed by atoms with Crippen LogP contribution in [-0.2, 0) is 0 Å². The molecule has 4 aliphatic rings. The van der Waals surface area contributed by atoms with Crippen molar-refractivity contribution in [2.45, 2.75) is 26.5 Å². The molecule has 4 aliphatic heterocycles. The summed E-state index contributed by atoms with van der Waals surface area (Å²) in [6, 6.07) is 71.7. The van der Waals surface area contributed by atoms with Gasteiger partial charge in [0.1, 0.15) is 0 Å². The molecule has 5 heterocycles. The number of anilines is 6. The van der Waals surface area contributed by atoms with E-state index in [2.05, 4.69) is 215 Å². The minimum Gasteiger partial charge on any atom is -0.311 e. The molecule has 0 aliphatic carbocycles. The van der Waals surface area contributed by atoms with Crippen LogP contribution >= 0.6 is 23.5 Å². The molecule has 0 unspecified atom stereocenters. The quantitative estimate of drug-likeness (QED) is 0.155. The molecule has 10 aromatic rings. The first-order chi connectivity index (χ1) is 30.7. The molecule has 0 atom stereocenters. The summed E-state index contributed by atoms with van der Waals surface area (Å²) >= 11 is 3.95. The number of rotatable bonds is 6. The lowest BCUT2D eigenvalue weighted by molar-refractivity contribution is 1.12. The molecule has 0 radical (unpaired) electrons.